The molecule has 0 spiro atoms. The van der Waals surface area contributed by atoms with E-state index in [-0.39, 0.29) is 17.0 Å². The standard InChI is InChI=1S/C18H28N2O/c1-17(2,3)19-15-12-14(13-10-8-7-9-11-13)16(21)20(15)18(4,5)6/h10,12H,7-9,11H2,1-6H3. The summed E-state index contributed by atoms with van der Waals surface area (Å²) in [6, 6.07) is 0. The van der Waals surface area contributed by atoms with Gasteiger partial charge in [-0.15, -0.1) is 0 Å². The van der Waals surface area contributed by atoms with Crippen LogP contribution in [-0.2, 0) is 4.79 Å². The molecule has 0 aromatic heterocycles. The Morgan fingerprint density at radius 1 is 1.10 bits per heavy atom. The van der Waals surface area contributed by atoms with Crippen LogP contribution in [0.4, 0.5) is 0 Å². The van der Waals surface area contributed by atoms with Crippen LogP contribution in [-0.4, -0.2) is 27.7 Å². The Balaban J connectivity index is 2.44. The molecule has 21 heavy (non-hydrogen) atoms. The third-order valence-corrected chi connectivity index (χ3v) is 3.69. The third-order valence-electron chi connectivity index (χ3n) is 3.69. The summed E-state index contributed by atoms with van der Waals surface area (Å²) in [7, 11) is 0. The second-order valence-corrected chi connectivity index (χ2v) is 7.99. The van der Waals surface area contributed by atoms with Gasteiger partial charge in [0.1, 0.15) is 5.84 Å². The Morgan fingerprint density at radius 3 is 2.24 bits per heavy atom. The van der Waals surface area contributed by atoms with E-state index >= 15 is 0 Å². The number of hydrogen-bond acceptors (Lipinski definition) is 2. The highest BCUT2D eigenvalue weighted by atomic mass is 16.2. The lowest BCUT2D eigenvalue weighted by atomic mass is 9.93. The van der Waals surface area contributed by atoms with Crippen molar-refractivity contribution in [3.8, 4) is 0 Å². The molecule has 0 aromatic carbocycles. The van der Waals surface area contributed by atoms with E-state index in [1.54, 1.807) is 0 Å². The molecule has 1 aliphatic heterocycles. The van der Waals surface area contributed by atoms with E-state index in [9.17, 15) is 4.79 Å². The van der Waals surface area contributed by atoms with Crippen LogP contribution >= 0.6 is 0 Å². The number of allylic oxidation sites excluding steroid dienone is 1. The van der Waals surface area contributed by atoms with Gasteiger partial charge >= 0.3 is 0 Å². The average Bonchev–Trinajstić information content (AvgIpc) is 2.64. The number of amidine groups is 1. The SMILES string of the molecule is CC(C)(C)N=C1C=C(C2=CCCCC2)C(=O)N1C(C)(C)C. The van der Waals surface area contributed by atoms with Crippen LogP contribution < -0.4 is 0 Å². The molecule has 2 rings (SSSR count). The fraction of sp³-hybridized carbons (Fsp3) is 0.667. The topological polar surface area (TPSA) is 32.7 Å². The highest BCUT2D eigenvalue weighted by molar-refractivity contribution is 6.20. The van der Waals surface area contributed by atoms with Crippen LogP contribution in [0.3, 0.4) is 0 Å². The summed E-state index contributed by atoms with van der Waals surface area (Å²) >= 11 is 0. The molecule has 1 heterocycles. The van der Waals surface area contributed by atoms with Crippen molar-refractivity contribution < 1.29 is 4.79 Å². The third kappa shape index (κ3) is 3.63. The summed E-state index contributed by atoms with van der Waals surface area (Å²) in [5.74, 6) is 0.917. The molecule has 0 aromatic rings. The van der Waals surface area contributed by atoms with E-state index < -0.39 is 0 Å². The number of carbonyl (C=O) groups excluding carboxylic acids is 1. The van der Waals surface area contributed by atoms with Gasteiger partial charge in [-0.1, -0.05) is 6.08 Å². The van der Waals surface area contributed by atoms with E-state index in [0.29, 0.717) is 0 Å². The van der Waals surface area contributed by atoms with Crippen LogP contribution in [0.25, 0.3) is 0 Å². The van der Waals surface area contributed by atoms with Crippen molar-refractivity contribution in [1.82, 2.24) is 4.90 Å². The molecular weight excluding hydrogens is 260 g/mol. The number of rotatable bonds is 1. The van der Waals surface area contributed by atoms with Gasteiger partial charge in [0.2, 0.25) is 0 Å². The zero-order valence-corrected chi connectivity index (χ0v) is 14.3. The van der Waals surface area contributed by atoms with Gasteiger partial charge in [-0.25, -0.2) is 0 Å². The normalized spacial score (nSPS) is 22.7. The van der Waals surface area contributed by atoms with Gasteiger partial charge < -0.3 is 0 Å². The maximum atomic E-state index is 12.9. The first-order chi connectivity index (χ1) is 9.59. The molecule has 116 valence electrons. The van der Waals surface area contributed by atoms with Crippen LogP contribution in [0.2, 0.25) is 0 Å². The Bertz CT molecular complexity index is 524. The Labute approximate surface area is 128 Å². The van der Waals surface area contributed by atoms with Crippen molar-refractivity contribution in [2.24, 2.45) is 4.99 Å². The molecule has 1 aliphatic carbocycles. The zero-order chi connectivity index (χ0) is 15.8. The predicted molar refractivity (Wildman–Crippen MR) is 88.4 cm³/mol. The molecular formula is C18H28N2O. The lowest BCUT2D eigenvalue weighted by Crippen LogP contribution is -2.46. The summed E-state index contributed by atoms with van der Waals surface area (Å²) in [6.45, 7) is 12.4. The van der Waals surface area contributed by atoms with E-state index in [1.165, 1.54) is 18.4 Å². The first-order valence-electron chi connectivity index (χ1n) is 7.95. The largest absolute Gasteiger partial charge is 0.288 e. The van der Waals surface area contributed by atoms with E-state index in [0.717, 1.165) is 24.3 Å². The molecule has 0 atom stereocenters. The van der Waals surface area contributed by atoms with Gasteiger partial charge in [-0.3, -0.25) is 14.7 Å². The smallest absolute Gasteiger partial charge is 0.260 e. The van der Waals surface area contributed by atoms with Gasteiger partial charge in [0.05, 0.1) is 5.54 Å². The van der Waals surface area contributed by atoms with Crippen LogP contribution in [0.5, 0.6) is 0 Å². The molecule has 3 nitrogen and oxygen atoms in total. The second kappa shape index (κ2) is 5.43. The summed E-state index contributed by atoms with van der Waals surface area (Å²) in [6.07, 6.45) is 8.73. The molecule has 3 heteroatoms. The Morgan fingerprint density at radius 2 is 1.76 bits per heavy atom. The first-order valence-corrected chi connectivity index (χ1v) is 7.95. The fourth-order valence-corrected chi connectivity index (χ4v) is 2.87. The fourth-order valence-electron chi connectivity index (χ4n) is 2.87. The Kier molecular flexibility index (Phi) is 4.14. The maximum Gasteiger partial charge on any atom is 0.260 e. The second-order valence-electron chi connectivity index (χ2n) is 7.99. The van der Waals surface area contributed by atoms with Crippen LogP contribution in [0, 0.1) is 0 Å². The summed E-state index contributed by atoms with van der Waals surface area (Å²) in [5.41, 5.74) is 1.62. The van der Waals surface area contributed by atoms with Crippen molar-refractivity contribution >= 4 is 11.7 Å². The molecule has 0 bridgehead atoms. The molecule has 0 N–H and O–H groups in total. The molecule has 0 saturated carbocycles. The number of hydrogen-bond donors (Lipinski definition) is 0. The molecule has 1 amide bonds. The monoisotopic (exact) mass is 288 g/mol. The van der Waals surface area contributed by atoms with Gasteiger partial charge in [0.25, 0.3) is 5.91 Å². The molecule has 0 radical (unpaired) electrons. The molecule has 0 saturated heterocycles. The van der Waals surface area contributed by atoms with Crippen molar-refractivity contribution in [3.05, 3.63) is 23.3 Å². The zero-order valence-electron chi connectivity index (χ0n) is 14.3. The van der Waals surface area contributed by atoms with Gasteiger partial charge in [0.15, 0.2) is 0 Å². The minimum Gasteiger partial charge on any atom is -0.288 e. The van der Waals surface area contributed by atoms with Crippen molar-refractivity contribution in [1.29, 1.82) is 0 Å². The van der Waals surface area contributed by atoms with Gasteiger partial charge in [0, 0.05) is 11.1 Å². The van der Waals surface area contributed by atoms with Gasteiger partial charge in [-0.2, -0.15) is 0 Å². The van der Waals surface area contributed by atoms with Crippen LogP contribution in [0.1, 0.15) is 67.2 Å². The Hall–Kier alpha value is -1.38. The van der Waals surface area contributed by atoms with Crippen molar-refractivity contribution in [2.45, 2.75) is 78.3 Å². The summed E-state index contributed by atoms with van der Waals surface area (Å²) in [5, 5.41) is 0. The van der Waals surface area contributed by atoms with E-state index in [4.69, 9.17) is 4.99 Å². The van der Waals surface area contributed by atoms with Crippen molar-refractivity contribution in [3.63, 3.8) is 0 Å². The summed E-state index contributed by atoms with van der Waals surface area (Å²) < 4.78 is 0. The highest BCUT2D eigenvalue weighted by Gasteiger charge is 2.38. The number of amides is 1. The number of aliphatic imine (C=N–C) groups is 1. The maximum absolute atomic E-state index is 12.9. The lowest BCUT2D eigenvalue weighted by molar-refractivity contribution is -0.125. The summed E-state index contributed by atoms with van der Waals surface area (Å²) in [4.78, 5) is 19.5. The highest BCUT2D eigenvalue weighted by Crippen LogP contribution is 2.32. The molecule has 0 fully saturated rings. The molecule has 2 aliphatic rings. The lowest BCUT2D eigenvalue weighted by Gasteiger charge is -2.33. The van der Waals surface area contributed by atoms with Crippen LogP contribution in [0.15, 0.2) is 28.3 Å². The predicted octanol–water partition coefficient (Wildman–Crippen LogP) is 4.25. The first kappa shape index (κ1) is 16.0. The minimum atomic E-state index is -0.255. The van der Waals surface area contributed by atoms with Gasteiger partial charge in [-0.05, 0) is 78.9 Å². The molecule has 0 unspecified atom stereocenters. The van der Waals surface area contributed by atoms with E-state index in [1.807, 2.05) is 11.0 Å². The minimum absolute atomic E-state index is 0.110. The number of nitrogens with zero attached hydrogens (tertiary/aromatic N) is 2. The average molecular weight is 288 g/mol. The van der Waals surface area contributed by atoms with Crippen molar-refractivity contribution in [2.75, 3.05) is 0 Å². The van der Waals surface area contributed by atoms with E-state index in [2.05, 4.69) is 47.6 Å². The number of carbonyl (C=O) groups is 1. The quantitative estimate of drug-likeness (QED) is 0.710.